The molecular formula is C20H19NO3S2. The average Bonchev–Trinajstić information content (AvgIpc) is 2.93. The first-order valence-electron chi connectivity index (χ1n) is 8.14. The number of para-hydroxylation sites is 1. The molecule has 1 fully saturated rings. The lowest BCUT2D eigenvalue weighted by molar-refractivity contribution is -0.122. The molecule has 0 unspecified atom stereocenters. The smallest absolute Gasteiger partial charge is 0.266 e. The van der Waals surface area contributed by atoms with Gasteiger partial charge in [-0.25, -0.2) is 0 Å². The maximum Gasteiger partial charge on any atom is 0.266 e. The van der Waals surface area contributed by atoms with E-state index in [0.29, 0.717) is 27.3 Å². The van der Waals surface area contributed by atoms with E-state index in [0.717, 1.165) is 12.0 Å². The Balaban J connectivity index is 1.79. The van der Waals surface area contributed by atoms with Crippen molar-refractivity contribution >= 4 is 40.3 Å². The van der Waals surface area contributed by atoms with E-state index in [9.17, 15) is 4.79 Å². The third kappa shape index (κ3) is 3.92. The second kappa shape index (κ2) is 8.38. The number of hydrogen-bond acceptors (Lipinski definition) is 5. The zero-order valence-electron chi connectivity index (χ0n) is 14.6. The number of nitrogens with zero attached hydrogens (tertiary/aromatic N) is 1. The Hall–Kier alpha value is -2.31. The van der Waals surface area contributed by atoms with Gasteiger partial charge in [-0.3, -0.25) is 9.69 Å². The lowest BCUT2D eigenvalue weighted by Gasteiger charge is -2.14. The zero-order chi connectivity index (χ0) is 18.5. The number of benzene rings is 2. The lowest BCUT2D eigenvalue weighted by Crippen LogP contribution is -2.30. The number of ether oxygens (including phenoxy) is 2. The number of methoxy groups -OCH3 is 2. The summed E-state index contributed by atoms with van der Waals surface area (Å²) in [6.45, 7) is 0.571. The fourth-order valence-corrected chi connectivity index (χ4v) is 4.04. The van der Waals surface area contributed by atoms with Crippen molar-refractivity contribution in [2.75, 3.05) is 20.8 Å². The molecule has 2 aromatic rings. The molecule has 26 heavy (non-hydrogen) atoms. The van der Waals surface area contributed by atoms with Crippen LogP contribution in [0.5, 0.6) is 11.5 Å². The first kappa shape index (κ1) is 18.5. The highest BCUT2D eigenvalue weighted by Gasteiger charge is 2.31. The van der Waals surface area contributed by atoms with E-state index in [2.05, 4.69) is 12.1 Å². The number of amides is 1. The van der Waals surface area contributed by atoms with Gasteiger partial charge < -0.3 is 9.47 Å². The van der Waals surface area contributed by atoms with E-state index >= 15 is 0 Å². The largest absolute Gasteiger partial charge is 0.493 e. The van der Waals surface area contributed by atoms with Crippen LogP contribution in [-0.2, 0) is 11.2 Å². The van der Waals surface area contributed by atoms with Gasteiger partial charge in [-0.05, 0) is 24.1 Å². The Morgan fingerprint density at radius 2 is 1.85 bits per heavy atom. The predicted octanol–water partition coefficient (Wildman–Crippen LogP) is 4.15. The van der Waals surface area contributed by atoms with Crippen molar-refractivity contribution in [2.24, 2.45) is 0 Å². The van der Waals surface area contributed by atoms with Crippen molar-refractivity contribution < 1.29 is 14.3 Å². The molecule has 0 aromatic heterocycles. The van der Waals surface area contributed by atoms with Crippen LogP contribution in [0.15, 0.2) is 53.4 Å². The zero-order valence-corrected chi connectivity index (χ0v) is 16.2. The van der Waals surface area contributed by atoms with Gasteiger partial charge >= 0.3 is 0 Å². The van der Waals surface area contributed by atoms with Gasteiger partial charge in [0.05, 0.1) is 19.1 Å². The molecule has 134 valence electrons. The molecule has 0 bridgehead atoms. The molecule has 0 radical (unpaired) electrons. The normalized spacial score (nSPS) is 15.6. The summed E-state index contributed by atoms with van der Waals surface area (Å²) in [6, 6.07) is 15.6. The fraction of sp³-hybridized carbons (Fsp3) is 0.200. The molecule has 4 nitrogen and oxygen atoms in total. The van der Waals surface area contributed by atoms with Crippen LogP contribution in [0.4, 0.5) is 0 Å². The van der Waals surface area contributed by atoms with Crippen molar-refractivity contribution in [3.05, 3.63) is 64.6 Å². The number of thioether (sulfide) groups is 1. The van der Waals surface area contributed by atoms with Gasteiger partial charge in [0.25, 0.3) is 5.91 Å². The molecule has 3 rings (SSSR count). The summed E-state index contributed by atoms with van der Waals surface area (Å²) in [5, 5.41) is 0. The van der Waals surface area contributed by atoms with Gasteiger partial charge in [0.15, 0.2) is 11.5 Å². The maximum absolute atomic E-state index is 12.8. The minimum Gasteiger partial charge on any atom is -0.493 e. The van der Waals surface area contributed by atoms with Gasteiger partial charge in [0, 0.05) is 12.1 Å². The van der Waals surface area contributed by atoms with E-state index in [1.165, 1.54) is 17.3 Å². The predicted molar refractivity (Wildman–Crippen MR) is 110 cm³/mol. The van der Waals surface area contributed by atoms with Crippen LogP contribution in [0.2, 0.25) is 0 Å². The van der Waals surface area contributed by atoms with Gasteiger partial charge in [0.2, 0.25) is 0 Å². The number of carbonyl (C=O) groups excluding carboxylic acids is 1. The third-order valence-electron chi connectivity index (χ3n) is 4.06. The van der Waals surface area contributed by atoms with E-state index in [4.69, 9.17) is 21.7 Å². The molecule has 1 aliphatic rings. The average molecular weight is 386 g/mol. The molecule has 0 saturated carbocycles. The molecule has 6 heteroatoms. The van der Waals surface area contributed by atoms with Crippen LogP contribution < -0.4 is 9.47 Å². The second-order valence-corrected chi connectivity index (χ2v) is 7.33. The Kier molecular flexibility index (Phi) is 5.96. The maximum atomic E-state index is 12.8. The number of carbonyl (C=O) groups is 1. The topological polar surface area (TPSA) is 38.8 Å². The van der Waals surface area contributed by atoms with E-state index in [1.807, 2.05) is 42.5 Å². The van der Waals surface area contributed by atoms with Gasteiger partial charge in [-0.2, -0.15) is 0 Å². The number of hydrogen-bond donors (Lipinski definition) is 0. The molecule has 0 spiro atoms. The highest BCUT2D eigenvalue weighted by molar-refractivity contribution is 8.26. The van der Waals surface area contributed by atoms with Gasteiger partial charge in [0.1, 0.15) is 4.32 Å². The summed E-state index contributed by atoms with van der Waals surface area (Å²) in [7, 11) is 3.17. The van der Waals surface area contributed by atoms with Crippen LogP contribution in [0, 0.1) is 0 Å². The van der Waals surface area contributed by atoms with E-state index in [1.54, 1.807) is 19.1 Å². The molecule has 0 aliphatic carbocycles. The van der Waals surface area contributed by atoms with Crippen molar-refractivity contribution in [1.82, 2.24) is 4.90 Å². The standard InChI is InChI=1S/C20H19NO3S2/c1-23-16-10-6-9-15(18(16)24-2)13-17-19(22)21(20(25)26-17)12-11-14-7-4-3-5-8-14/h3-10,13H,11-12H2,1-2H3. The summed E-state index contributed by atoms with van der Waals surface area (Å²) in [4.78, 5) is 15.0. The Morgan fingerprint density at radius 3 is 2.54 bits per heavy atom. The van der Waals surface area contributed by atoms with Crippen molar-refractivity contribution in [1.29, 1.82) is 0 Å². The minimum atomic E-state index is -0.0687. The van der Waals surface area contributed by atoms with E-state index in [-0.39, 0.29) is 5.91 Å². The lowest BCUT2D eigenvalue weighted by atomic mass is 10.1. The van der Waals surface area contributed by atoms with Crippen LogP contribution in [0.1, 0.15) is 11.1 Å². The Labute approximate surface area is 162 Å². The fourth-order valence-electron chi connectivity index (χ4n) is 2.75. The first-order valence-corrected chi connectivity index (χ1v) is 9.37. The number of rotatable bonds is 6. The van der Waals surface area contributed by atoms with Crippen LogP contribution >= 0.6 is 24.0 Å². The Morgan fingerprint density at radius 1 is 1.08 bits per heavy atom. The molecule has 1 aliphatic heterocycles. The molecule has 0 N–H and O–H groups in total. The van der Waals surface area contributed by atoms with Crippen molar-refractivity contribution in [3.63, 3.8) is 0 Å². The summed E-state index contributed by atoms with van der Waals surface area (Å²) in [5.74, 6) is 1.16. The van der Waals surface area contributed by atoms with E-state index < -0.39 is 0 Å². The Bertz CT molecular complexity index is 849. The molecule has 1 saturated heterocycles. The summed E-state index contributed by atoms with van der Waals surface area (Å²) < 4.78 is 11.3. The molecular weight excluding hydrogens is 366 g/mol. The first-order chi connectivity index (χ1) is 12.6. The van der Waals surface area contributed by atoms with Crippen molar-refractivity contribution in [2.45, 2.75) is 6.42 Å². The number of thiocarbonyl (C=S) groups is 1. The monoisotopic (exact) mass is 385 g/mol. The van der Waals surface area contributed by atoms with Crippen LogP contribution in [0.3, 0.4) is 0 Å². The van der Waals surface area contributed by atoms with Gasteiger partial charge in [-0.1, -0.05) is 66.4 Å². The SMILES string of the molecule is COc1cccc(C=C2SC(=S)N(CCc3ccccc3)C2=O)c1OC. The third-order valence-corrected chi connectivity index (χ3v) is 5.44. The van der Waals surface area contributed by atoms with Gasteiger partial charge in [-0.15, -0.1) is 0 Å². The highest BCUT2D eigenvalue weighted by Crippen LogP contribution is 2.37. The van der Waals surface area contributed by atoms with Crippen LogP contribution in [0.25, 0.3) is 6.08 Å². The van der Waals surface area contributed by atoms with Crippen LogP contribution in [-0.4, -0.2) is 35.9 Å². The molecule has 0 atom stereocenters. The summed E-state index contributed by atoms with van der Waals surface area (Å²) in [6.07, 6.45) is 2.58. The molecule has 1 amide bonds. The summed E-state index contributed by atoms with van der Waals surface area (Å²) in [5.41, 5.74) is 1.97. The molecule has 2 aromatic carbocycles. The summed E-state index contributed by atoms with van der Waals surface area (Å²) >= 11 is 6.72. The quantitative estimate of drug-likeness (QED) is 0.552. The second-order valence-electron chi connectivity index (χ2n) is 5.65. The highest BCUT2D eigenvalue weighted by atomic mass is 32.2. The minimum absolute atomic E-state index is 0.0687. The van der Waals surface area contributed by atoms with Crippen molar-refractivity contribution in [3.8, 4) is 11.5 Å². The molecule has 1 heterocycles.